The lowest BCUT2D eigenvalue weighted by molar-refractivity contribution is -0.186. The maximum absolute atomic E-state index is 12.7. The van der Waals surface area contributed by atoms with Crippen molar-refractivity contribution in [2.75, 3.05) is 32.8 Å². The summed E-state index contributed by atoms with van der Waals surface area (Å²) in [5.41, 5.74) is 6.06. The number of halogens is 3. The van der Waals surface area contributed by atoms with Crippen molar-refractivity contribution in [3.63, 3.8) is 0 Å². The Morgan fingerprint density at radius 1 is 1.33 bits per heavy atom. The minimum absolute atomic E-state index is 0.0699. The van der Waals surface area contributed by atoms with Gasteiger partial charge in [0.2, 0.25) is 0 Å². The number of nitrogens with zero attached hydrogens (tertiary/aromatic N) is 1. The Morgan fingerprint density at radius 2 is 2.11 bits per heavy atom. The lowest BCUT2D eigenvalue weighted by Gasteiger charge is -2.35. The van der Waals surface area contributed by atoms with Gasteiger partial charge in [0.05, 0.1) is 12.5 Å². The smallest absolute Gasteiger partial charge is 0.381 e. The summed E-state index contributed by atoms with van der Waals surface area (Å²) in [5.74, 6) is -0.880. The van der Waals surface area contributed by atoms with Gasteiger partial charge in [0, 0.05) is 31.7 Å². The van der Waals surface area contributed by atoms with Gasteiger partial charge in [0.1, 0.15) is 0 Å². The van der Waals surface area contributed by atoms with E-state index in [0.29, 0.717) is 25.5 Å². The van der Waals surface area contributed by atoms with Gasteiger partial charge >= 0.3 is 6.18 Å². The van der Waals surface area contributed by atoms with E-state index in [2.05, 4.69) is 0 Å². The van der Waals surface area contributed by atoms with Gasteiger partial charge in [0.25, 0.3) is 0 Å². The summed E-state index contributed by atoms with van der Waals surface area (Å²) in [6.45, 7) is 2.76. The van der Waals surface area contributed by atoms with Crippen LogP contribution in [0.1, 0.15) is 19.3 Å². The molecule has 0 bridgehead atoms. The fourth-order valence-corrected chi connectivity index (χ4v) is 2.83. The molecule has 3 atom stereocenters. The predicted molar refractivity (Wildman–Crippen MR) is 62.1 cm³/mol. The molecule has 2 rings (SSSR count). The molecule has 2 aliphatic rings. The molecule has 2 N–H and O–H groups in total. The van der Waals surface area contributed by atoms with Gasteiger partial charge in [-0.15, -0.1) is 0 Å². The Labute approximate surface area is 105 Å². The second-order valence-corrected chi connectivity index (χ2v) is 5.43. The van der Waals surface area contributed by atoms with Gasteiger partial charge < -0.3 is 15.4 Å². The van der Waals surface area contributed by atoms with Crippen LogP contribution in [0.15, 0.2) is 0 Å². The first-order chi connectivity index (χ1) is 8.47. The van der Waals surface area contributed by atoms with Crippen LogP contribution in [0.3, 0.4) is 0 Å². The molecule has 106 valence electrons. The quantitative estimate of drug-likeness (QED) is 0.843. The normalized spacial score (nSPS) is 32.7. The monoisotopic (exact) mass is 266 g/mol. The Bertz CT molecular complexity index is 267. The highest BCUT2D eigenvalue weighted by atomic mass is 19.4. The average Bonchev–Trinajstić information content (AvgIpc) is 2.81. The zero-order chi connectivity index (χ0) is 13.2. The molecule has 2 heterocycles. The van der Waals surface area contributed by atoms with E-state index in [9.17, 15) is 13.2 Å². The van der Waals surface area contributed by atoms with Crippen molar-refractivity contribution in [1.82, 2.24) is 4.90 Å². The number of ether oxygens (including phenoxy) is 1. The number of hydrogen-bond acceptors (Lipinski definition) is 3. The summed E-state index contributed by atoms with van der Waals surface area (Å²) in [4.78, 5) is 1.87. The van der Waals surface area contributed by atoms with E-state index >= 15 is 0 Å². The van der Waals surface area contributed by atoms with Crippen molar-refractivity contribution >= 4 is 0 Å². The van der Waals surface area contributed by atoms with Gasteiger partial charge in [-0.3, -0.25) is 0 Å². The summed E-state index contributed by atoms with van der Waals surface area (Å²) in [6, 6.07) is -0.0699. The van der Waals surface area contributed by atoms with Crippen molar-refractivity contribution in [2.24, 2.45) is 17.6 Å². The van der Waals surface area contributed by atoms with E-state index in [1.807, 2.05) is 4.90 Å². The first-order valence-electron chi connectivity index (χ1n) is 6.59. The van der Waals surface area contributed by atoms with E-state index in [4.69, 9.17) is 10.5 Å². The summed E-state index contributed by atoms with van der Waals surface area (Å²) >= 11 is 0. The molecule has 0 saturated carbocycles. The third kappa shape index (κ3) is 3.59. The van der Waals surface area contributed by atoms with Gasteiger partial charge in [-0.2, -0.15) is 13.2 Å². The predicted octanol–water partition coefficient (Wildman–Crippen LogP) is 1.62. The highest BCUT2D eigenvalue weighted by Gasteiger charge is 2.42. The summed E-state index contributed by atoms with van der Waals surface area (Å²) in [5, 5.41) is 0. The number of piperidine rings is 1. The molecule has 0 spiro atoms. The fourth-order valence-electron chi connectivity index (χ4n) is 2.83. The van der Waals surface area contributed by atoms with E-state index in [-0.39, 0.29) is 19.0 Å². The molecular weight excluding hydrogens is 245 g/mol. The van der Waals surface area contributed by atoms with Crippen molar-refractivity contribution in [3.05, 3.63) is 0 Å². The van der Waals surface area contributed by atoms with Crippen molar-refractivity contribution in [3.8, 4) is 0 Å². The van der Waals surface area contributed by atoms with E-state index in [1.54, 1.807) is 0 Å². The third-order valence-electron chi connectivity index (χ3n) is 4.01. The third-order valence-corrected chi connectivity index (χ3v) is 4.01. The molecule has 0 aromatic heterocycles. The molecule has 0 aromatic rings. The first-order valence-corrected chi connectivity index (χ1v) is 6.59. The van der Waals surface area contributed by atoms with Gasteiger partial charge in [0.15, 0.2) is 0 Å². The fraction of sp³-hybridized carbons (Fsp3) is 1.00. The number of nitrogens with two attached hydrogens (primary N) is 1. The van der Waals surface area contributed by atoms with E-state index in [1.165, 1.54) is 0 Å². The highest BCUT2D eigenvalue weighted by molar-refractivity contribution is 4.83. The van der Waals surface area contributed by atoms with Crippen molar-refractivity contribution in [1.29, 1.82) is 0 Å². The molecule has 0 amide bonds. The number of rotatable bonds is 3. The second kappa shape index (κ2) is 5.75. The molecule has 2 aliphatic heterocycles. The van der Waals surface area contributed by atoms with Crippen LogP contribution in [0.2, 0.25) is 0 Å². The number of alkyl halides is 3. The van der Waals surface area contributed by atoms with E-state index in [0.717, 1.165) is 19.6 Å². The van der Waals surface area contributed by atoms with Crippen molar-refractivity contribution in [2.45, 2.75) is 31.5 Å². The van der Waals surface area contributed by atoms with E-state index < -0.39 is 12.1 Å². The molecule has 6 heteroatoms. The Balaban J connectivity index is 1.81. The Morgan fingerprint density at radius 3 is 2.72 bits per heavy atom. The lowest BCUT2D eigenvalue weighted by atomic mass is 9.95. The molecule has 18 heavy (non-hydrogen) atoms. The topological polar surface area (TPSA) is 38.5 Å². The van der Waals surface area contributed by atoms with Crippen LogP contribution >= 0.6 is 0 Å². The first kappa shape index (κ1) is 14.1. The number of hydrogen-bond donors (Lipinski definition) is 1. The molecule has 0 radical (unpaired) electrons. The lowest BCUT2D eigenvalue weighted by Crippen LogP contribution is -2.48. The zero-order valence-electron chi connectivity index (χ0n) is 10.5. The molecule has 0 aliphatic carbocycles. The van der Waals surface area contributed by atoms with Crippen molar-refractivity contribution < 1.29 is 17.9 Å². The second-order valence-electron chi connectivity index (χ2n) is 5.43. The zero-order valence-corrected chi connectivity index (χ0v) is 10.5. The Kier molecular flexibility index (Phi) is 4.50. The maximum atomic E-state index is 12.7. The summed E-state index contributed by atoms with van der Waals surface area (Å²) < 4.78 is 43.3. The highest BCUT2D eigenvalue weighted by Crippen LogP contribution is 2.33. The van der Waals surface area contributed by atoms with Crippen LogP contribution in [-0.4, -0.2) is 50.0 Å². The molecular formula is C12H21F3N2O. The standard InChI is InChI=1S/C12H21F3N2O/c13-12(14,15)10-2-1-4-17(6-10)7-11(16)9-3-5-18-8-9/h9-11H,1-8,16H2. The molecule has 3 unspecified atom stereocenters. The number of likely N-dealkylation sites (tertiary alicyclic amines) is 1. The summed E-state index contributed by atoms with van der Waals surface area (Å²) in [6.07, 6.45) is -2.28. The average molecular weight is 266 g/mol. The molecule has 2 fully saturated rings. The van der Waals surface area contributed by atoms with Crippen LogP contribution < -0.4 is 5.73 Å². The Hall–Kier alpha value is -0.330. The molecule has 2 saturated heterocycles. The summed E-state index contributed by atoms with van der Waals surface area (Å²) in [7, 11) is 0. The van der Waals surface area contributed by atoms with Crippen LogP contribution in [-0.2, 0) is 4.74 Å². The largest absolute Gasteiger partial charge is 0.393 e. The minimum atomic E-state index is -4.07. The SMILES string of the molecule is NC(CN1CCCC(C(F)(F)F)C1)C1CCOC1. The molecule has 3 nitrogen and oxygen atoms in total. The van der Waals surface area contributed by atoms with Crippen LogP contribution in [0.4, 0.5) is 13.2 Å². The minimum Gasteiger partial charge on any atom is -0.381 e. The van der Waals surface area contributed by atoms with Crippen LogP contribution in [0.25, 0.3) is 0 Å². The van der Waals surface area contributed by atoms with Gasteiger partial charge in [-0.05, 0) is 25.8 Å². The van der Waals surface area contributed by atoms with Crippen LogP contribution in [0.5, 0.6) is 0 Å². The maximum Gasteiger partial charge on any atom is 0.393 e. The van der Waals surface area contributed by atoms with Crippen LogP contribution in [0, 0.1) is 11.8 Å². The molecule has 0 aromatic carbocycles. The van der Waals surface area contributed by atoms with Gasteiger partial charge in [-0.25, -0.2) is 0 Å². The van der Waals surface area contributed by atoms with Gasteiger partial charge in [-0.1, -0.05) is 0 Å².